The zero-order valence-electron chi connectivity index (χ0n) is 38.5. The quantitative estimate of drug-likeness (QED) is 0.0916. The first-order valence-electron chi connectivity index (χ1n) is 23.7. The van der Waals surface area contributed by atoms with Crippen molar-refractivity contribution >= 4 is 5.97 Å². The van der Waals surface area contributed by atoms with Crippen LogP contribution in [0.1, 0.15) is 113 Å². The van der Waals surface area contributed by atoms with E-state index in [9.17, 15) is 55.9 Å². The Hall–Kier alpha value is -1.39. The molecule has 0 amide bonds. The van der Waals surface area contributed by atoms with Crippen LogP contribution < -0.4 is 0 Å². The molecule has 5 aliphatic carbocycles. The number of fused-ring (bicyclic) bond motifs is 7. The van der Waals surface area contributed by atoms with E-state index in [0.717, 1.165) is 44.9 Å². The number of hydrogen-bond donors (Lipinski definition) is 10. The summed E-state index contributed by atoms with van der Waals surface area (Å²) >= 11 is 0. The SMILES string of the molecule is CC1(C)CC[C@]2(C(=O)O[C@H]3O[C@@H](CO)[C@H](O)[C@@H](O)[C@@H]3O)CC[C@]3(C)C(=CC[C@@H]4[C@@]5(C)CC[C@H](O[C@@H]6OC[C@H](O[C@@H]7O[C@H](CO)[C@@H](O)[C@H](O)[C@H]7O)[C@H](O)[C@H]6O)C(C)(C)[C@@H]5CC[C@]43C)[C@H]2C1. The number of carbonyl (C=O) groups is 1. The number of allylic oxidation sites excluding steroid dienone is 2. The molecule has 64 heavy (non-hydrogen) atoms. The molecule has 0 radical (unpaired) electrons. The summed E-state index contributed by atoms with van der Waals surface area (Å²) in [6.45, 7) is 14.8. The number of ether oxygens (including phenoxy) is 6. The van der Waals surface area contributed by atoms with E-state index in [2.05, 4.69) is 54.5 Å². The van der Waals surface area contributed by atoms with Gasteiger partial charge in [0.1, 0.15) is 67.1 Å². The number of esters is 1. The van der Waals surface area contributed by atoms with E-state index < -0.39 is 111 Å². The number of hydrogen-bond acceptors (Lipinski definition) is 17. The van der Waals surface area contributed by atoms with Gasteiger partial charge in [0.25, 0.3) is 0 Å². The summed E-state index contributed by atoms with van der Waals surface area (Å²) in [6, 6.07) is 0. The molecule has 17 nitrogen and oxygen atoms in total. The van der Waals surface area contributed by atoms with Crippen LogP contribution in [-0.2, 0) is 33.2 Å². The lowest BCUT2D eigenvalue weighted by molar-refractivity contribution is -0.351. The highest BCUT2D eigenvalue weighted by Crippen LogP contribution is 2.76. The molecule has 22 atom stereocenters. The summed E-state index contributed by atoms with van der Waals surface area (Å²) in [6.07, 6.45) is -10.6. The molecule has 366 valence electrons. The van der Waals surface area contributed by atoms with E-state index in [1.807, 2.05) is 0 Å². The highest BCUT2D eigenvalue weighted by atomic mass is 16.7. The molecule has 10 N–H and O–H groups in total. The molecule has 8 aliphatic rings. The fourth-order valence-corrected chi connectivity index (χ4v) is 14.7. The second kappa shape index (κ2) is 17.2. The van der Waals surface area contributed by atoms with Gasteiger partial charge in [0.15, 0.2) is 12.6 Å². The van der Waals surface area contributed by atoms with Gasteiger partial charge in [0.05, 0.1) is 31.3 Å². The first-order chi connectivity index (χ1) is 29.9. The minimum Gasteiger partial charge on any atom is -0.432 e. The molecule has 0 aromatic heterocycles. The van der Waals surface area contributed by atoms with Gasteiger partial charge in [0.2, 0.25) is 6.29 Å². The van der Waals surface area contributed by atoms with Crippen LogP contribution in [0.15, 0.2) is 11.6 Å². The third-order valence-electron chi connectivity index (χ3n) is 18.9. The molecule has 3 saturated heterocycles. The highest BCUT2D eigenvalue weighted by Gasteiger charge is 2.70. The molecule has 0 aromatic carbocycles. The lowest BCUT2D eigenvalue weighted by atomic mass is 9.33. The third-order valence-corrected chi connectivity index (χ3v) is 18.9. The van der Waals surface area contributed by atoms with Crippen LogP contribution in [0.5, 0.6) is 0 Å². The molecule has 0 unspecified atom stereocenters. The first-order valence-corrected chi connectivity index (χ1v) is 23.7. The van der Waals surface area contributed by atoms with Gasteiger partial charge >= 0.3 is 5.97 Å². The van der Waals surface area contributed by atoms with E-state index in [1.54, 1.807) is 0 Å². The van der Waals surface area contributed by atoms with Crippen molar-refractivity contribution in [3.8, 4) is 0 Å². The second-order valence-electron chi connectivity index (χ2n) is 23.0. The summed E-state index contributed by atoms with van der Waals surface area (Å²) < 4.78 is 35.5. The normalized spacial score (nSPS) is 53.4. The Kier molecular flexibility index (Phi) is 13.2. The molecule has 3 aliphatic heterocycles. The third kappa shape index (κ3) is 7.58. The van der Waals surface area contributed by atoms with Crippen molar-refractivity contribution in [2.45, 2.75) is 205 Å². The maximum Gasteiger partial charge on any atom is 0.315 e. The smallest absolute Gasteiger partial charge is 0.315 e. The van der Waals surface area contributed by atoms with Crippen molar-refractivity contribution in [3.05, 3.63) is 11.6 Å². The fraction of sp³-hybridized carbons (Fsp3) is 0.936. The van der Waals surface area contributed by atoms with Gasteiger partial charge < -0.3 is 79.5 Å². The monoisotopic (exact) mass is 913 g/mol. The molecule has 3 heterocycles. The van der Waals surface area contributed by atoms with E-state index in [-0.39, 0.29) is 51.6 Å². The standard InChI is InChI=1S/C47H76O17/c1-42(2)14-16-47(41(58)64-40-37(57)34(54)31(51)25(20-49)61-40)17-15-45(6)22(23(47)18-42)8-9-28-44(5)12-11-29(43(3,4)27(44)10-13-46(28,45)7)63-38-35(55)32(52)26(21-59-38)62-39-36(56)33(53)30(50)24(19-48)60-39/h8,23-40,48-57H,9-21H2,1-7H3/t23-,24-,25+,26+,27+,28-,29+,30-,31+,32+,33+,34-,35-,36-,37+,38+,39+,40-,44+,45-,46-,47+/m1/s1. The Bertz CT molecular complexity index is 1740. The van der Waals surface area contributed by atoms with Gasteiger partial charge in [-0.05, 0) is 109 Å². The van der Waals surface area contributed by atoms with Crippen molar-refractivity contribution in [2.75, 3.05) is 19.8 Å². The van der Waals surface area contributed by atoms with Gasteiger partial charge in [-0.2, -0.15) is 0 Å². The minimum atomic E-state index is -1.68. The molecule has 7 fully saturated rings. The topological polar surface area (TPSA) is 275 Å². The van der Waals surface area contributed by atoms with Crippen LogP contribution in [0.3, 0.4) is 0 Å². The maximum absolute atomic E-state index is 14.6. The zero-order valence-corrected chi connectivity index (χ0v) is 38.5. The summed E-state index contributed by atoms with van der Waals surface area (Å²) in [4.78, 5) is 14.6. The predicted octanol–water partition coefficient (Wildman–Crippen LogP) is 0.780. The molecule has 0 bridgehead atoms. The predicted molar refractivity (Wildman–Crippen MR) is 224 cm³/mol. The van der Waals surface area contributed by atoms with Crippen LogP contribution in [0.2, 0.25) is 0 Å². The maximum atomic E-state index is 14.6. The van der Waals surface area contributed by atoms with Crippen LogP contribution in [0.4, 0.5) is 0 Å². The number of aliphatic hydroxyl groups excluding tert-OH is 10. The van der Waals surface area contributed by atoms with E-state index in [1.165, 1.54) is 5.57 Å². The second-order valence-corrected chi connectivity index (χ2v) is 23.0. The van der Waals surface area contributed by atoms with Gasteiger partial charge in [-0.1, -0.05) is 60.1 Å². The average Bonchev–Trinajstić information content (AvgIpc) is 3.24. The molecular weight excluding hydrogens is 836 g/mol. The summed E-state index contributed by atoms with van der Waals surface area (Å²) in [7, 11) is 0. The van der Waals surface area contributed by atoms with Crippen molar-refractivity contribution in [1.82, 2.24) is 0 Å². The van der Waals surface area contributed by atoms with Crippen LogP contribution >= 0.6 is 0 Å². The van der Waals surface area contributed by atoms with Crippen LogP contribution in [0, 0.1) is 50.2 Å². The Morgan fingerprint density at radius 2 is 1.25 bits per heavy atom. The van der Waals surface area contributed by atoms with Gasteiger partial charge in [-0.3, -0.25) is 4.79 Å². The lowest BCUT2D eigenvalue weighted by Gasteiger charge is -2.71. The van der Waals surface area contributed by atoms with Crippen molar-refractivity contribution in [3.63, 3.8) is 0 Å². The van der Waals surface area contributed by atoms with E-state index in [0.29, 0.717) is 25.2 Å². The van der Waals surface area contributed by atoms with Gasteiger partial charge in [0, 0.05) is 0 Å². The lowest BCUT2D eigenvalue weighted by Crippen LogP contribution is -2.66. The summed E-state index contributed by atoms with van der Waals surface area (Å²) in [5, 5.41) is 104. The molecule has 17 heteroatoms. The molecular formula is C47H76O17. The van der Waals surface area contributed by atoms with Crippen molar-refractivity contribution < 1.29 is 84.3 Å². The van der Waals surface area contributed by atoms with E-state index in [4.69, 9.17) is 28.4 Å². The number of rotatable bonds is 8. The molecule has 8 rings (SSSR count). The summed E-state index contributed by atoms with van der Waals surface area (Å²) in [5.41, 5.74) is -0.373. The average molecular weight is 913 g/mol. The van der Waals surface area contributed by atoms with Crippen molar-refractivity contribution in [2.24, 2.45) is 50.2 Å². The number of carbonyl (C=O) groups excluding carboxylic acids is 1. The zero-order chi connectivity index (χ0) is 46.7. The summed E-state index contributed by atoms with van der Waals surface area (Å²) in [5.74, 6) is -0.0276. The van der Waals surface area contributed by atoms with Crippen molar-refractivity contribution in [1.29, 1.82) is 0 Å². The van der Waals surface area contributed by atoms with Gasteiger partial charge in [-0.15, -0.1) is 0 Å². The fourth-order valence-electron chi connectivity index (χ4n) is 14.7. The molecule has 0 aromatic rings. The van der Waals surface area contributed by atoms with Gasteiger partial charge in [-0.25, -0.2) is 0 Å². The highest BCUT2D eigenvalue weighted by molar-refractivity contribution is 5.79. The minimum absolute atomic E-state index is 0.0373. The Labute approximate surface area is 376 Å². The molecule has 0 spiro atoms. The van der Waals surface area contributed by atoms with E-state index >= 15 is 0 Å². The molecule has 4 saturated carbocycles. The first kappa shape index (κ1) is 49.0. The number of aliphatic hydroxyl groups is 10. The Morgan fingerprint density at radius 3 is 1.89 bits per heavy atom. The Balaban J connectivity index is 0.982. The largest absolute Gasteiger partial charge is 0.432 e. The van der Waals surface area contributed by atoms with Crippen LogP contribution in [-0.4, -0.2) is 169 Å². The Morgan fingerprint density at radius 1 is 0.656 bits per heavy atom. The van der Waals surface area contributed by atoms with Crippen LogP contribution in [0.25, 0.3) is 0 Å².